The van der Waals surface area contributed by atoms with Crippen LogP contribution >= 0.6 is 0 Å². The molecule has 4 heteroatoms. The molecule has 0 aliphatic heterocycles. The second-order valence-corrected chi connectivity index (χ2v) is 4.91. The lowest BCUT2D eigenvalue weighted by atomic mass is 10.00. The number of carboxylic acids is 1. The highest BCUT2D eigenvalue weighted by Crippen LogP contribution is 2.31. The third-order valence-electron chi connectivity index (χ3n) is 3.11. The summed E-state index contributed by atoms with van der Waals surface area (Å²) in [4.78, 5) is 10.7. The van der Waals surface area contributed by atoms with Gasteiger partial charge in [0.05, 0.1) is 0 Å². The number of benzene rings is 2. The summed E-state index contributed by atoms with van der Waals surface area (Å²) < 4.78 is 5.41. The lowest BCUT2D eigenvalue weighted by Crippen LogP contribution is -2.10. The molecule has 2 rings (SSSR count). The van der Waals surface area contributed by atoms with Crippen molar-refractivity contribution >= 4 is 5.97 Å². The van der Waals surface area contributed by atoms with E-state index in [0.717, 1.165) is 28.8 Å². The van der Waals surface area contributed by atoms with Crippen molar-refractivity contribution < 1.29 is 14.6 Å². The van der Waals surface area contributed by atoms with E-state index in [1.54, 1.807) is 0 Å². The second kappa shape index (κ2) is 6.90. The average molecular weight is 285 g/mol. The molecule has 0 heterocycles. The molecule has 0 saturated heterocycles. The maximum absolute atomic E-state index is 10.7. The van der Waals surface area contributed by atoms with Crippen LogP contribution < -0.4 is 10.1 Å². The summed E-state index contributed by atoms with van der Waals surface area (Å²) in [5.74, 6) is -0.396. The zero-order chi connectivity index (χ0) is 15.2. The fourth-order valence-electron chi connectivity index (χ4n) is 2.19. The maximum atomic E-state index is 10.7. The largest absolute Gasteiger partial charge is 0.481 e. The minimum atomic E-state index is -0.982. The Hall–Kier alpha value is -2.33. The van der Waals surface area contributed by atoms with Crippen LogP contribution in [0.1, 0.15) is 11.1 Å². The number of aryl methyl sites for hydroxylation is 1. The Morgan fingerprint density at radius 1 is 1.24 bits per heavy atom. The van der Waals surface area contributed by atoms with Gasteiger partial charge in [0.1, 0.15) is 5.75 Å². The van der Waals surface area contributed by atoms with Crippen LogP contribution in [0, 0.1) is 6.92 Å². The molecule has 0 unspecified atom stereocenters. The van der Waals surface area contributed by atoms with E-state index in [2.05, 4.69) is 11.4 Å². The van der Waals surface area contributed by atoms with Crippen molar-refractivity contribution in [1.82, 2.24) is 5.32 Å². The number of hydrogen-bond acceptors (Lipinski definition) is 3. The Labute approximate surface area is 124 Å². The maximum Gasteiger partial charge on any atom is 0.341 e. The molecule has 0 aliphatic rings. The number of aliphatic carboxylic acids is 1. The molecule has 0 aromatic heterocycles. The number of hydrogen-bond donors (Lipinski definition) is 2. The quantitative estimate of drug-likeness (QED) is 0.857. The van der Waals surface area contributed by atoms with Crippen LogP contribution in [-0.2, 0) is 11.3 Å². The van der Waals surface area contributed by atoms with Crippen molar-refractivity contribution in [2.75, 3.05) is 13.7 Å². The smallest absolute Gasteiger partial charge is 0.341 e. The lowest BCUT2D eigenvalue weighted by Gasteiger charge is -2.13. The normalized spacial score (nSPS) is 10.4. The van der Waals surface area contributed by atoms with Gasteiger partial charge in [0.25, 0.3) is 0 Å². The molecule has 0 aliphatic carbocycles. The van der Waals surface area contributed by atoms with Gasteiger partial charge in [0.2, 0.25) is 0 Å². The molecule has 2 N–H and O–H groups in total. The van der Waals surface area contributed by atoms with Gasteiger partial charge in [-0.3, -0.25) is 0 Å². The van der Waals surface area contributed by atoms with Gasteiger partial charge in [0.15, 0.2) is 6.61 Å². The summed E-state index contributed by atoms with van der Waals surface area (Å²) >= 11 is 0. The molecular formula is C17H19NO3. The van der Waals surface area contributed by atoms with Crippen LogP contribution in [0.3, 0.4) is 0 Å². The third-order valence-corrected chi connectivity index (χ3v) is 3.11. The molecular weight excluding hydrogens is 266 g/mol. The first-order valence-electron chi connectivity index (χ1n) is 6.79. The lowest BCUT2D eigenvalue weighted by molar-refractivity contribution is -0.139. The van der Waals surface area contributed by atoms with Crippen LogP contribution in [0.25, 0.3) is 11.1 Å². The molecule has 0 spiro atoms. The molecule has 0 fully saturated rings. The Morgan fingerprint density at radius 2 is 2.05 bits per heavy atom. The molecule has 0 saturated carbocycles. The zero-order valence-electron chi connectivity index (χ0n) is 12.2. The van der Waals surface area contributed by atoms with Crippen LogP contribution in [0.4, 0.5) is 0 Å². The van der Waals surface area contributed by atoms with E-state index < -0.39 is 5.97 Å². The topological polar surface area (TPSA) is 58.6 Å². The molecule has 2 aromatic carbocycles. The number of carbonyl (C=O) groups is 1. The van der Waals surface area contributed by atoms with Crippen molar-refractivity contribution in [1.29, 1.82) is 0 Å². The summed E-state index contributed by atoms with van der Waals surface area (Å²) in [6.07, 6.45) is 0. The van der Waals surface area contributed by atoms with E-state index in [0.29, 0.717) is 5.75 Å². The standard InChI is InChI=1S/C17H19NO3/c1-12-4-3-5-14(8-12)15-9-13(10-18-2)6-7-16(15)21-11-17(19)20/h3-9,18H,10-11H2,1-2H3,(H,19,20). The minimum Gasteiger partial charge on any atom is -0.481 e. The summed E-state index contributed by atoms with van der Waals surface area (Å²) in [6, 6.07) is 13.9. The summed E-state index contributed by atoms with van der Waals surface area (Å²) in [5.41, 5.74) is 4.20. The second-order valence-electron chi connectivity index (χ2n) is 4.91. The average Bonchev–Trinajstić information content (AvgIpc) is 2.46. The fourth-order valence-corrected chi connectivity index (χ4v) is 2.19. The van der Waals surface area contributed by atoms with Gasteiger partial charge in [-0.05, 0) is 37.2 Å². The van der Waals surface area contributed by atoms with Crippen LogP contribution in [-0.4, -0.2) is 24.7 Å². The van der Waals surface area contributed by atoms with Crippen molar-refractivity contribution in [2.24, 2.45) is 0 Å². The molecule has 0 atom stereocenters. The van der Waals surface area contributed by atoms with Gasteiger partial charge < -0.3 is 15.2 Å². The first-order chi connectivity index (χ1) is 10.1. The first kappa shape index (κ1) is 15.1. The van der Waals surface area contributed by atoms with Gasteiger partial charge >= 0.3 is 5.97 Å². The molecule has 2 aromatic rings. The van der Waals surface area contributed by atoms with E-state index in [-0.39, 0.29) is 6.61 Å². The first-order valence-corrected chi connectivity index (χ1v) is 6.79. The predicted octanol–water partition coefficient (Wildman–Crippen LogP) is 2.84. The molecule has 0 radical (unpaired) electrons. The van der Waals surface area contributed by atoms with Gasteiger partial charge in [-0.2, -0.15) is 0 Å². The van der Waals surface area contributed by atoms with Crippen molar-refractivity contribution in [3.05, 3.63) is 53.6 Å². The fraction of sp³-hybridized carbons (Fsp3) is 0.235. The Balaban J connectivity index is 2.42. The summed E-state index contributed by atoms with van der Waals surface area (Å²) in [5, 5.41) is 11.9. The highest BCUT2D eigenvalue weighted by Gasteiger charge is 2.09. The van der Waals surface area contributed by atoms with Gasteiger partial charge in [-0.1, -0.05) is 35.9 Å². The highest BCUT2D eigenvalue weighted by atomic mass is 16.5. The van der Waals surface area contributed by atoms with Crippen LogP contribution in [0.2, 0.25) is 0 Å². The van der Waals surface area contributed by atoms with Crippen LogP contribution in [0.15, 0.2) is 42.5 Å². The summed E-state index contributed by atoms with van der Waals surface area (Å²) in [6.45, 7) is 2.43. The van der Waals surface area contributed by atoms with Crippen LogP contribution in [0.5, 0.6) is 5.75 Å². The van der Waals surface area contributed by atoms with E-state index in [1.807, 2.05) is 50.4 Å². The van der Waals surface area contributed by atoms with Crippen molar-refractivity contribution in [3.63, 3.8) is 0 Å². The Kier molecular flexibility index (Phi) is 4.95. The van der Waals surface area contributed by atoms with E-state index >= 15 is 0 Å². The van der Waals surface area contributed by atoms with E-state index in [9.17, 15) is 4.79 Å². The highest BCUT2D eigenvalue weighted by molar-refractivity contribution is 5.73. The number of ether oxygens (including phenoxy) is 1. The number of nitrogens with one attached hydrogen (secondary N) is 1. The van der Waals surface area contributed by atoms with Crippen molar-refractivity contribution in [3.8, 4) is 16.9 Å². The zero-order valence-corrected chi connectivity index (χ0v) is 12.2. The van der Waals surface area contributed by atoms with Gasteiger partial charge in [-0.15, -0.1) is 0 Å². The Morgan fingerprint density at radius 3 is 2.71 bits per heavy atom. The van der Waals surface area contributed by atoms with Gasteiger partial charge in [-0.25, -0.2) is 4.79 Å². The molecule has 0 bridgehead atoms. The van der Waals surface area contributed by atoms with Crippen molar-refractivity contribution in [2.45, 2.75) is 13.5 Å². The van der Waals surface area contributed by atoms with Gasteiger partial charge in [0, 0.05) is 12.1 Å². The minimum absolute atomic E-state index is 0.343. The molecule has 0 amide bonds. The molecule has 21 heavy (non-hydrogen) atoms. The number of rotatable bonds is 6. The predicted molar refractivity (Wildman–Crippen MR) is 82.5 cm³/mol. The van der Waals surface area contributed by atoms with E-state index in [1.165, 1.54) is 0 Å². The third kappa shape index (κ3) is 4.07. The summed E-state index contributed by atoms with van der Waals surface area (Å²) in [7, 11) is 1.89. The monoisotopic (exact) mass is 285 g/mol. The SMILES string of the molecule is CNCc1ccc(OCC(=O)O)c(-c2cccc(C)c2)c1. The molecule has 4 nitrogen and oxygen atoms in total. The van der Waals surface area contributed by atoms with E-state index in [4.69, 9.17) is 9.84 Å². The molecule has 110 valence electrons. The Bertz CT molecular complexity index is 638. The number of carboxylic acid groups (broad SMARTS) is 1.